The zero-order chi connectivity index (χ0) is 54.6. The molecule has 0 aliphatic carbocycles. The van der Waals surface area contributed by atoms with Crippen molar-refractivity contribution in [3.05, 3.63) is 167 Å². The summed E-state index contributed by atoms with van der Waals surface area (Å²) in [6.45, 7) is 17.8. The van der Waals surface area contributed by atoms with E-state index in [0.717, 1.165) is 38.9 Å². The summed E-state index contributed by atoms with van der Waals surface area (Å²) in [6.07, 6.45) is 1.53. The lowest BCUT2D eigenvalue weighted by molar-refractivity contribution is 0.466. The van der Waals surface area contributed by atoms with Crippen molar-refractivity contribution >= 4 is 11.0 Å². The molecular weight excluding hydrogens is 767 g/mol. The minimum atomic E-state index is -2.85. The van der Waals surface area contributed by atoms with Crippen LogP contribution in [0, 0.1) is 6.85 Å². The van der Waals surface area contributed by atoms with E-state index in [1.54, 1.807) is 52.0 Å². The Hall–Kier alpha value is -6.26. The fourth-order valence-corrected chi connectivity index (χ4v) is 8.29. The maximum Gasteiger partial charge on any atom is 0.149 e. The molecule has 6 aromatic carbocycles. The monoisotopic (exact) mass is 841 g/mol. The van der Waals surface area contributed by atoms with Crippen LogP contribution in [-0.2, 0) is 5.41 Å². The molecule has 320 valence electrons. The van der Waals surface area contributed by atoms with Crippen LogP contribution in [0.25, 0.3) is 72.7 Å². The Morgan fingerprint density at radius 3 is 1.89 bits per heavy atom. The lowest BCUT2D eigenvalue weighted by Crippen LogP contribution is -2.11. The Morgan fingerprint density at radius 1 is 0.619 bits per heavy atom. The fraction of sp³-hybridized carbons (Fsp3) is 0.288. The molecule has 0 saturated heterocycles. The van der Waals surface area contributed by atoms with Crippen molar-refractivity contribution in [3.8, 4) is 67.5 Å². The molecule has 0 radical (unpaired) electrons. The van der Waals surface area contributed by atoms with Gasteiger partial charge in [-0.1, -0.05) is 160 Å². The van der Waals surface area contributed by atoms with Crippen molar-refractivity contribution < 1.29 is 20.2 Å². The van der Waals surface area contributed by atoms with E-state index in [-0.39, 0.29) is 16.7 Å². The fourth-order valence-electron chi connectivity index (χ4n) is 8.29. The number of nitrogens with zero attached hydrogens (tertiary/aromatic N) is 3. The van der Waals surface area contributed by atoms with Crippen LogP contribution < -0.4 is 0 Å². The Morgan fingerprint density at radius 2 is 1.27 bits per heavy atom. The van der Waals surface area contributed by atoms with Crippen molar-refractivity contribution in [1.29, 1.82) is 0 Å². The Labute approximate surface area is 391 Å². The number of rotatable bonds is 10. The van der Waals surface area contributed by atoms with E-state index in [1.807, 2.05) is 105 Å². The van der Waals surface area contributed by atoms with Crippen molar-refractivity contribution in [2.45, 2.75) is 112 Å². The first kappa shape index (κ1) is 31.6. The average molecular weight is 841 g/mol. The van der Waals surface area contributed by atoms with Gasteiger partial charge in [-0.2, -0.15) is 0 Å². The topological polar surface area (TPSA) is 50.9 Å². The third kappa shape index (κ3) is 8.48. The highest BCUT2D eigenvalue weighted by Gasteiger charge is 2.25. The molecule has 1 N–H and O–H groups in total. The molecule has 0 aliphatic rings. The van der Waals surface area contributed by atoms with Crippen LogP contribution in [0.15, 0.2) is 133 Å². The highest BCUT2D eigenvalue weighted by Crippen LogP contribution is 2.44. The molecule has 2 aromatic heterocycles. The zero-order valence-electron chi connectivity index (χ0n) is 49.2. The Balaban J connectivity index is 1.40. The summed E-state index contributed by atoms with van der Waals surface area (Å²) in [7, 11) is 0. The van der Waals surface area contributed by atoms with Gasteiger partial charge in [0.05, 0.1) is 27.8 Å². The highest BCUT2D eigenvalue weighted by atomic mass is 16.3. The molecule has 0 atom stereocenters. The predicted molar refractivity (Wildman–Crippen MR) is 268 cm³/mol. The number of para-hydroxylation sites is 1. The summed E-state index contributed by atoms with van der Waals surface area (Å²) < 4.78 is 97.0. The third-order valence-corrected chi connectivity index (χ3v) is 11.8. The molecular formula is C59H63N3O. The van der Waals surface area contributed by atoms with Gasteiger partial charge in [-0.05, 0) is 140 Å². The van der Waals surface area contributed by atoms with Crippen molar-refractivity contribution in [2.75, 3.05) is 0 Å². The van der Waals surface area contributed by atoms with Gasteiger partial charge in [0.2, 0.25) is 0 Å². The van der Waals surface area contributed by atoms with Crippen molar-refractivity contribution in [3.63, 3.8) is 0 Å². The molecule has 0 spiro atoms. The summed E-state index contributed by atoms with van der Waals surface area (Å²) in [5, 5.41) is 12.3. The molecule has 8 rings (SSSR count). The zero-order valence-corrected chi connectivity index (χ0v) is 38.2. The molecule has 0 aliphatic heterocycles. The summed E-state index contributed by atoms with van der Waals surface area (Å²) in [5.41, 5.74) is 9.43. The van der Waals surface area contributed by atoms with Crippen LogP contribution >= 0.6 is 0 Å². The largest absolute Gasteiger partial charge is 0.507 e. The maximum absolute atomic E-state index is 12.3. The molecule has 0 unspecified atom stereocenters. The first-order valence-corrected chi connectivity index (χ1v) is 21.5. The van der Waals surface area contributed by atoms with E-state index in [9.17, 15) is 5.11 Å². The number of imidazole rings is 1. The second-order valence-electron chi connectivity index (χ2n) is 18.4. The van der Waals surface area contributed by atoms with Crippen LogP contribution in [-0.4, -0.2) is 19.6 Å². The Bertz CT molecular complexity index is 3440. The predicted octanol–water partition coefficient (Wildman–Crippen LogP) is 16.6. The minimum absolute atomic E-state index is 0.0390. The number of benzene rings is 6. The molecule has 4 heteroatoms. The van der Waals surface area contributed by atoms with Gasteiger partial charge in [0, 0.05) is 32.6 Å². The van der Waals surface area contributed by atoms with E-state index in [0.29, 0.717) is 56.1 Å². The maximum atomic E-state index is 12.3. The normalized spacial score (nSPS) is 15.5. The summed E-state index contributed by atoms with van der Waals surface area (Å²) >= 11 is 0. The van der Waals surface area contributed by atoms with E-state index < -0.39 is 60.2 Å². The van der Waals surface area contributed by atoms with Gasteiger partial charge in [0.25, 0.3) is 0 Å². The number of pyridine rings is 1. The second kappa shape index (κ2) is 17.1. The third-order valence-electron chi connectivity index (χ3n) is 11.8. The lowest BCUT2D eigenvalue weighted by atomic mass is 9.83. The molecule has 0 amide bonds. The van der Waals surface area contributed by atoms with Gasteiger partial charge in [0.15, 0.2) is 0 Å². The molecule has 63 heavy (non-hydrogen) atoms. The van der Waals surface area contributed by atoms with Crippen molar-refractivity contribution in [2.24, 2.45) is 0 Å². The van der Waals surface area contributed by atoms with Crippen LogP contribution in [0.1, 0.15) is 148 Å². The molecule has 0 fully saturated rings. The first-order chi connectivity index (χ1) is 34.1. The van der Waals surface area contributed by atoms with Gasteiger partial charge in [0.1, 0.15) is 11.6 Å². The quantitative estimate of drug-likeness (QED) is 0.149. The van der Waals surface area contributed by atoms with E-state index >= 15 is 0 Å². The van der Waals surface area contributed by atoms with Gasteiger partial charge < -0.3 is 5.11 Å². The van der Waals surface area contributed by atoms with Gasteiger partial charge in [-0.3, -0.25) is 9.55 Å². The molecule has 8 aromatic rings. The van der Waals surface area contributed by atoms with E-state index in [1.165, 1.54) is 6.20 Å². The van der Waals surface area contributed by atoms with Gasteiger partial charge >= 0.3 is 0 Å². The molecule has 2 heterocycles. The standard InChI is InChI=1S/C59H63N3O/c1-35(2)43-32-51(38(7)8)57(63)52(33-43)58-61-56-50(44-29-45(31-46(30-44)59(10,11)12)53-34-42(27-28-60-53)40-21-19-39(9)20-22-40)17-14-18-54(56)62(58)47-25-23-41(24-26-47)55-48(36(3)4)15-13-16-49(55)37(5)6/h13-38,63H,1-12H3/i9D3,19D,20D,21D,22D,35D,36D,37D,38D. The Kier molecular flexibility index (Phi) is 8.58. The summed E-state index contributed by atoms with van der Waals surface area (Å²) in [4.78, 5) is 10.2. The number of phenols is 1. The number of phenolic OH excluding ortho intramolecular Hbond substituents is 1. The number of hydrogen-bond donors (Lipinski definition) is 1. The van der Waals surface area contributed by atoms with Crippen LogP contribution in [0.4, 0.5) is 0 Å². The number of aromatic nitrogens is 3. The number of fused-ring (bicyclic) bond motifs is 1. The number of hydrogen-bond acceptors (Lipinski definition) is 3. The minimum Gasteiger partial charge on any atom is -0.507 e. The smallest absolute Gasteiger partial charge is 0.149 e. The van der Waals surface area contributed by atoms with Crippen LogP contribution in [0.3, 0.4) is 0 Å². The highest BCUT2D eigenvalue weighted by molar-refractivity contribution is 5.97. The summed E-state index contributed by atoms with van der Waals surface area (Å²) in [5.74, 6) is -4.04. The van der Waals surface area contributed by atoms with E-state index in [4.69, 9.17) is 25.0 Å². The van der Waals surface area contributed by atoms with Crippen LogP contribution in [0.5, 0.6) is 5.75 Å². The van der Waals surface area contributed by atoms with Crippen molar-refractivity contribution in [1.82, 2.24) is 14.5 Å². The second-order valence-corrected chi connectivity index (χ2v) is 18.4. The first-order valence-electron chi connectivity index (χ1n) is 27.0. The SMILES string of the molecule is [2H]c1c([2H])c(C([2H])([2H])[2H])c([2H])c([2H])c1-c1ccnc(-c2cc(-c3cccc4c3nc(-c3cc(C([2H])(C)C)cc(C([2H])(C)C)c3O)n4-c3ccc(-c4c(C([2H])(C)C)cccc4C([2H])(C)C)cc3)cc(C(C)(C)C)c2)c1. The number of aromatic hydroxyl groups is 1. The average Bonchev–Trinajstić information content (AvgIpc) is 3.68. The molecule has 0 bridgehead atoms. The molecule has 0 saturated carbocycles. The van der Waals surface area contributed by atoms with E-state index in [2.05, 4.69) is 26.8 Å². The van der Waals surface area contributed by atoms with Gasteiger partial charge in [-0.25, -0.2) is 4.98 Å². The summed E-state index contributed by atoms with van der Waals surface area (Å²) in [6, 6.07) is 30.3. The molecule has 4 nitrogen and oxygen atoms in total. The van der Waals surface area contributed by atoms with Crippen LogP contribution in [0.2, 0.25) is 0 Å². The van der Waals surface area contributed by atoms with Gasteiger partial charge in [-0.15, -0.1) is 0 Å². The lowest BCUT2D eigenvalue weighted by Gasteiger charge is -2.22.